The van der Waals surface area contributed by atoms with Crippen molar-refractivity contribution in [3.63, 3.8) is 0 Å². The molecule has 2 rings (SSSR count). The number of halogens is 2. The third kappa shape index (κ3) is 5.27. The van der Waals surface area contributed by atoms with Crippen molar-refractivity contribution >= 4 is 37.8 Å². The number of carbonyl (C=O) groups is 1. The molecule has 1 aliphatic rings. The first-order chi connectivity index (χ1) is 9.97. The molecule has 1 N–H and O–H groups in total. The summed E-state index contributed by atoms with van der Waals surface area (Å²) in [5.41, 5.74) is 1.21. The molecule has 1 aromatic carbocycles. The summed E-state index contributed by atoms with van der Waals surface area (Å²) in [6.45, 7) is 1.23. The number of hydrogen-bond acceptors (Lipinski definition) is 3. The van der Waals surface area contributed by atoms with Gasteiger partial charge in [-0.1, -0.05) is 0 Å². The van der Waals surface area contributed by atoms with E-state index in [-0.39, 0.29) is 5.91 Å². The zero-order valence-corrected chi connectivity index (χ0v) is 15.5. The minimum atomic E-state index is 0.0625. The van der Waals surface area contributed by atoms with Crippen LogP contribution >= 0.6 is 31.9 Å². The van der Waals surface area contributed by atoms with E-state index < -0.39 is 0 Å². The summed E-state index contributed by atoms with van der Waals surface area (Å²) in [5.74, 6) is 0.809. The van der Waals surface area contributed by atoms with E-state index in [9.17, 15) is 4.79 Å². The summed E-state index contributed by atoms with van der Waals surface area (Å²) >= 11 is 7.08. The molecule has 21 heavy (non-hydrogen) atoms. The number of carbonyl (C=O) groups excluding carboxylic acids is 1. The van der Waals surface area contributed by atoms with Gasteiger partial charge in [0.25, 0.3) is 0 Å². The number of amides is 1. The van der Waals surface area contributed by atoms with Crippen molar-refractivity contribution in [1.82, 2.24) is 10.2 Å². The first-order valence-electron chi connectivity index (χ1n) is 7.01. The Balaban J connectivity index is 1.91. The minimum absolute atomic E-state index is 0.0625. The maximum Gasteiger partial charge on any atom is 0.225 e. The van der Waals surface area contributed by atoms with E-state index in [1.807, 2.05) is 0 Å². The molecule has 0 aromatic heterocycles. The fourth-order valence-electron chi connectivity index (χ4n) is 1.87. The van der Waals surface area contributed by atoms with Crippen LogP contribution in [0.2, 0.25) is 0 Å². The minimum Gasteiger partial charge on any atom is -0.491 e. The molecule has 116 valence electrons. The summed E-state index contributed by atoms with van der Waals surface area (Å²) in [5, 5.41) is 3.48. The van der Waals surface area contributed by atoms with Gasteiger partial charge in [-0.2, -0.15) is 0 Å². The molecule has 6 heteroatoms. The smallest absolute Gasteiger partial charge is 0.225 e. The fraction of sp³-hybridized carbons (Fsp3) is 0.533. The quantitative estimate of drug-likeness (QED) is 0.736. The Morgan fingerprint density at radius 2 is 1.95 bits per heavy atom. The van der Waals surface area contributed by atoms with Crippen molar-refractivity contribution in [3.05, 3.63) is 26.6 Å². The van der Waals surface area contributed by atoms with Crippen LogP contribution in [0.5, 0.6) is 5.75 Å². The van der Waals surface area contributed by atoms with Gasteiger partial charge < -0.3 is 15.0 Å². The Bertz CT molecular complexity index is 493. The van der Waals surface area contributed by atoms with Crippen LogP contribution in [0.15, 0.2) is 21.1 Å². The first kappa shape index (κ1) is 16.8. The number of nitrogens with one attached hydrogen (secondary N) is 1. The van der Waals surface area contributed by atoms with Gasteiger partial charge in [0.1, 0.15) is 5.75 Å². The van der Waals surface area contributed by atoms with Crippen LogP contribution in [0.1, 0.15) is 24.8 Å². The van der Waals surface area contributed by atoms with Crippen LogP contribution in [0.4, 0.5) is 0 Å². The van der Waals surface area contributed by atoms with Gasteiger partial charge >= 0.3 is 0 Å². The lowest BCUT2D eigenvalue weighted by molar-refractivity contribution is -0.129. The second-order valence-electron chi connectivity index (χ2n) is 5.43. The maximum atomic E-state index is 11.5. The van der Waals surface area contributed by atoms with Crippen molar-refractivity contribution in [1.29, 1.82) is 0 Å². The standard InChI is InChI=1S/C15H20Br2N2O2/c1-19(2)14(20)5-6-21-15-12(16)7-10(8-13(15)17)9-18-11-3-4-11/h7-8,11,18H,3-6,9H2,1-2H3. The Morgan fingerprint density at radius 1 is 1.33 bits per heavy atom. The van der Waals surface area contributed by atoms with E-state index in [0.717, 1.165) is 21.2 Å². The number of hydrogen-bond donors (Lipinski definition) is 1. The Kier molecular flexibility index (Phi) is 6.08. The van der Waals surface area contributed by atoms with Gasteiger partial charge in [-0.3, -0.25) is 4.79 Å². The number of ether oxygens (including phenoxy) is 1. The Hall–Kier alpha value is -0.590. The highest BCUT2D eigenvalue weighted by atomic mass is 79.9. The lowest BCUT2D eigenvalue weighted by atomic mass is 10.2. The average Bonchev–Trinajstić information content (AvgIpc) is 3.23. The van der Waals surface area contributed by atoms with Gasteiger partial charge in [0.15, 0.2) is 0 Å². The molecule has 0 radical (unpaired) electrons. The molecule has 1 fully saturated rings. The lowest BCUT2D eigenvalue weighted by Crippen LogP contribution is -2.23. The third-order valence-corrected chi connectivity index (χ3v) is 4.47. The van der Waals surface area contributed by atoms with Crippen molar-refractivity contribution < 1.29 is 9.53 Å². The van der Waals surface area contributed by atoms with Crippen molar-refractivity contribution in [3.8, 4) is 5.75 Å². The van der Waals surface area contributed by atoms with Crippen LogP contribution in [0, 0.1) is 0 Å². The van der Waals surface area contributed by atoms with E-state index in [1.165, 1.54) is 18.4 Å². The molecule has 0 aliphatic heterocycles. The molecule has 0 spiro atoms. The zero-order valence-electron chi connectivity index (χ0n) is 12.3. The number of benzene rings is 1. The average molecular weight is 420 g/mol. The molecular weight excluding hydrogens is 400 g/mol. The van der Waals surface area contributed by atoms with Gasteiger partial charge in [0, 0.05) is 26.7 Å². The first-order valence-corrected chi connectivity index (χ1v) is 8.60. The number of rotatable bonds is 7. The molecule has 1 aliphatic carbocycles. The second-order valence-corrected chi connectivity index (χ2v) is 7.14. The summed E-state index contributed by atoms with van der Waals surface area (Å²) < 4.78 is 7.53. The normalized spacial score (nSPS) is 14.1. The van der Waals surface area contributed by atoms with Gasteiger partial charge in [-0.25, -0.2) is 0 Å². The number of nitrogens with zero attached hydrogens (tertiary/aromatic N) is 1. The molecule has 0 saturated heterocycles. The van der Waals surface area contributed by atoms with Gasteiger partial charge in [-0.05, 0) is 62.4 Å². The van der Waals surface area contributed by atoms with E-state index in [1.54, 1.807) is 19.0 Å². The van der Waals surface area contributed by atoms with Crippen LogP contribution in [-0.2, 0) is 11.3 Å². The monoisotopic (exact) mass is 418 g/mol. The fourth-order valence-corrected chi connectivity index (χ4v) is 3.38. The SMILES string of the molecule is CN(C)C(=O)CCOc1c(Br)cc(CNC2CC2)cc1Br. The predicted molar refractivity (Wildman–Crippen MR) is 90.5 cm³/mol. The van der Waals surface area contributed by atoms with E-state index in [4.69, 9.17) is 4.74 Å². The molecule has 0 bridgehead atoms. The molecule has 1 aromatic rings. The molecule has 1 amide bonds. The lowest BCUT2D eigenvalue weighted by Gasteiger charge is -2.14. The van der Waals surface area contributed by atoms with Crippen LogP contribution < -0.4 is 10.1 Å². The summed E-state index contributed by atoms with van der Waals surface area (Å²) in [7, 11) is 3.49. The van der Waals surface area contributed by atoms with E-state index >= 15 is 0 Å². The van der Waals surface area contributed by atoms with Crippen molar-refractivity contribution in [2.45, 2.75) is 31.8 Å². The molecule has 1 saturated carbocycles. The van der Waals surface area contributed by atoms with Crippen molar-refractivity contribution in [2.75, 3.05) is 20.7 Å². The molecule has 0 heterocycles. The summed E-state index contributed by atoms with van der Waals surface area (Å²) in [4.78, 5) is 13.1. The van der Waals surface area contributed by atoms with Crippen LogP contribution in [0.3, 0.4) is 0 Å². The highest BCUT2D eigenvalue weighted by Gasteiger charge is 2.20. The molecule has 0 atom stereocenters. The zero-order chi connectivity index (χ0) is 15.4. The second kappa shape index (κ2) is 7.61. The summed E-state index contributed by atoms with van der Waals surface area (Å²) in [6, 6.07) is 4.81. The third-order valence-electron chi connectivity index (χ3n) is 3.29. The van der Waals surface area contributed by atoms with E-state index in [2.05, 4.69) is 49.3 Å². The molecular formula is C15H20Br2N2O2. The summed E-state index contributed by atoms with van der Waals surface area (Å²) in [6.07, 6.45) is 2.93. The predicted octanol–water partition coefficient (Wildman–Crippen LogP) is 3.32. The Morgan fingerprint density at radius 3 is 2.48 bits per heavy atom. The van der Waals surface area contributed by atoms with Crippen LogP contribution in [-0.4, -0.2) is 37.6 Å². The topological polar surface area (TPSA) is 41.6 Å². The van der Waals surface area contributed by atoms with Gasteiger partial charge in [-0.15, -0.1) is 0 Å². The maximum absolute atomic E-state index is 11.5. The molecule has 0 unspecified atom stereocenters. The van der Waals surface area contributed by atoms with Crippen molar-refractivity contribution in [2.24, 2.45) is 0 Å². The highest BCUT2D eigenvalue weighted by molar-refractivity contribution is 9.11. The Labute approximate surface area is 142 Å². The van der Waals surface area contributed by atoms with Gasteiger partial charge in [0.2, 0.25) is 5.91 Å². The van der Waals surface area contributed by atoms with E-state index in [0.29, 0.717) is 19.1 Å². The highest BCUT2D eigenvalue weighted by Crippen LogP contribution is 2.35. The van der Waals surface area contributed by atoms with Gasteiger partial charge in [0.05, 0.1) is 22.0 Å². The van der Waals surface area contributed by atoms with Crippen LogP contribution in [0.25, 0.3) is 0 Å². The largest absolute Gasteiger partial charge is 0.491 e. The molecule has 4 nitrogen and oxygen atoms in total.